The number of carboxylic acids is 1. The van der Waals surface area contributed by atoms with Gasteiger partial charge in [-0.1, -0.05) is 38.1 Å². The molecule has 3 rings (SSSR count). The topological polar surface area (TPSA) is 99.1 Å². The van der Waals surface area contributed by atoms with Crippen molar-refractivity contribution in [2.45, 2.75) is 64.0 Å². The number of amides is 1. The Balaban J connectivity index is 1.62. The van der Waals surface area contributed by atoms with Crippen molar-refractivity contribution in [1.82, 2.24) is 4.90 Å². The summed E-state index contributed by atoms with van der Waals surface area (Å²) < 4.78 is 5.26. The summed E-state index contributed by atoms with van der Waals surface area (Å²) in [5.74, 6) is -0.290. The molecule has 1 fully saturated rings. The zero-order chi connectivity index (χ0) is 25.4. The quantitative estimate of drug-likeness (QED) is 0.437. The summed E-state index contributed by atoms with van der Waals surface area (Å²) in [6.45, 7) is 4.30. The van der Waals surface area contributed by atoms with Crippen molar-refractivity contribution in [3.63, 3.8) is 0 Å². The third-order valence-corrected chi connectivity index (χ3v) is 6.82. The monoisotopic (exact) mass is 482 g/mol. The molecule has 0 unspecified atom stereocenters. The second-order valence-electron chi connectivity index (χ2n) is 9.70. The largest absolute Gasteiger partial charge is 0.497 e. The van der Waals surface area contributed by atoms with Crippen LogP contribution < -0.4 is 10.1 Å². The second kappa shape index (κ2) is 12.6. The van der Waals surface area contributed by atoms with Crippen LogP contribution in [0.15, 0.2) is 48.5 Å². The summed E-state index contributed by atoms with van der Waals surface area (Å²) in [6, 6.07) is 15.7. The molecule has 1 saturated carbocycles. The molecule has 0 bridgehead atoms. The number of rotatable bonds is 10. The van der Waals surface area contributed by atoms with Gasteiger partial charge in [0.2, 0.25) is 5.91 Å². The minimum Gasteiger partial charge on any atom is -0.497 e. The predicted octanol–water partition coefficient (Wildman–Crippen LogP) is 4.31. The van der Waals surface area contributed by atoms with Gasteiger partial charge >= 0.3 is 5.97 Å². The van der Waals surface area contributed by atoms with E-state index in [2.05, 4.69) is 31.3 Å². The van der Waals surface area contributed by atoms with Crippen LogP contribution in [0, 0.1) is 5.92 Å². The van der Waals surface area contributed by atoms with E-state index in [9.17, 15) is 19.8 Å². The van der Waals surface area contributed by atoms with Crippen LogP contribution >= 0.6 is 0 Å². The fourth-order valence-electron chi connectivity index (χ4n) is 4.66. The normalized spacial score (nSPS) is 20.2. The van der Waals surface area contributed by atoms with Gasteiger partial charge in [0.15, 0.2) is 0 Å². The molecule has 1 aliphatic rings. The summed E-state index contributed by atoms with van der Waals surface area (Å²) in [6.07, 6.45) is 2.26. The number of carboxylic acid groups (broad SMARTS) is 1. The first-order chi connectivity index (χ1) is 16.8. The average molecular weight is 483 g/mol. The van der Waals surface area contributed by atoms with E-state index in [1.165, 1.54) is 10.5 Å². The van der Waals surface area contributed by atoms with E-state index in [-0.39, 0.29) is 24.4 Å². The maximum atomic E-state index is 13.3. The first-order valence-corrected chi connectivity index (χ1v) is 12.4. The number of carbonyl (C=O) groups is 2. The van der Waals surface area contributed by atoms with Gasteiger partial charge in [0.1, 0.15) is 12.3 Å². The Bertz CT molecular complexity index is 976. The van der Waals surface area contributed by atoms with Gasteiger partial charge in [0.05, 0.1) is 19.3 Å². The Morgan fingerprint density at radius 2 is 1.80 bits per heavy atom. The molecular formula is C28H38N2O5. The van der Waals surface area contributed by atoms with Gasteiger partial charge in [0, 0.05) is 18.2 Å². The van der Waals surface area contributed by atoms with Crippen molar-refractivity contribution in [2.24, 2.45) is 5.92 Å². The molecule has 0 heterocycles. The lowest BCUT2D eigenvalue weighted by atomic mass is 9.98. The van der Waals surface area contributed by atoms with Crippen LogP contribution in [0.4, 0.5) is 5.69 Å². The molecule has 0 spiro atoms. The van der Waals surface area contributed by atoms with Gasteiger partial charge in [-0.3, -0.25) is 9.59 Å². The third-order valence-electron chi connectivity index (χ3n) is 6.82. The lowest BCUT2D eigenvalue weighted by molar-refractivity contribution is -0.146. The molecule has 3 N–H and O–H groups in total. The molecule has 7 nitrogen and oxygen atoms in total. The van der Waals surface area contributed by atoms with Crippen molar-refractivity contribution in [2.75, 3.05) is 25.5 Å². The molecule has 2 aromatic rings. The van der Waals surface area contributed by atoms with Crippen LogP contribution in [0.1, 0.15) is 56.6 Å². The Labute approximate surface area is 208 Å². The number of hydrogen-bond donors (Lipinski definition) is 3. The number of hydrogen-bond acceptors (Lipinski definition) is 5. The highest BCUT2D eigenvalue weighted by atomic mass is 16.5. The maximum Gasteiger partial charge on any atom is 0.323 e. The van der Waals surface area contributed by atoms with Crippen molar-refractivity contribution >= 4 is 17.6 Å². The van der Waals surface area contributed by atoms with E-state index in [1.54, 1.807) is 7.11 Å². The summed E-state index contributed by atoms with van der Waals surface area (Å²) >= 11 is 0. The van der Waals surface area contributed by atoms with Crippen molar-refractivity contribution in [3.05, 3.63) is 59.7 Å². The average Bonchev–Trinajstić information content (AvgIpc) is 3.03. The number of aliphatic hydroxyl groups is 1. The van der Waals surface area contributed by atoms with Crippen LogP contribution in [-0.2, 0) is 16.0 Å². The molecule has 0 saturated heterocycles. The standard InChI is InChI=1S/C28H38N2O5/c1-19(2)21-7-11-23(12-8-21)29-25-13-9-22(10-14-26(25)31)28(34)30(18-27(32)33)16-15-20-5-4-6-24(17-20)35-3/h4-8,11-12,17,19,22,25-26,29,31H,9-10,13-16,18H2,1-3H3,(H,32,33)/t22-,25+,26+/m1/s1. The Hall–Kier alpha value is -3.06. The highest BCUT2D eigenvalue weighted by Gasteiger charge is 2.32. The smallest absolute Gasteiger partial charge is 0.323 e. The number of nitrogens with one attached hydrogen (secondary N) is 1. The fraction of sp³-hybridized carbons (Fsp3) is 0.500. The fourth-order valence-corrected chi connectivity index (χ4v) is 4.66. The summed E-state index contributed by atoms with van der Waals surface area (Å²) in [7, 11) is 1.60. The van der Waals surface area contributed by atoms with Gasteiger partial charge in [-0.2, -0.15) is 0 Å². The van der Waals surface area contributed by atoms with Crippen molar-refractivity contribution in [1.29, 1.82) is 0 Å². The zero-order valence-electron chi connectivity index (χ0n) is 20.9. The molecule has 0 radical (unpaired) electrons. The zero-order valence-corrected chi connectivity index (χ0v) is 20.9. The molecule has 1 amide bonds. The van der Waals surface area contributed by atoms with E-state index in [0.29, 0.717) is 44.6 Å². The number of methoxy groups -OCH3 is 1. The van der Waals surface area contributed by atoms with Crippen LogP contribution in [0.25, 0.3) is 0 Å². The van der Waals surface area contributed by atoms with E-state index in [4.69, 9.17) is 4.74 Å². The molecule has 190 valence electrons. The molecule has 1 aliphatic carbocycles. The Morgan fingerprint density at radius 1 is 1.09 bits per heavy atom. The van der Waals surface area contributed by atoms with Gasteiger partial charge in [-0.05, 0) is 73.4 Å². The van der Waals surface area contributed by atoms with E-state index < -0.39 is 12.1 Å². The SMILES string of the molecule is COc1cccc(CCN(CC(=O)O)C(=O)[C@@H]2CC[C@H](Nc3ccc(C(C)C)cc3)[C@@H](O)CC2)c1. The number of nitrogens with zero attached hydrogens (tertiary/aromatic N) is 1. The highest BCUT2D eigenvalue weighted by Crippen LogP contribution is 2.28. The number of aliphatic hydroxyl groups excluding tert-OH is 1. The Morgan fingerprint density at radius 3 is 2.46 bits per heavy atom. The molecule has 35 heavy (non-hydrogen) atoms. The number of benzene rings is 2. The summed E-state index contributed by atoms with van der Waals surface area (Å²) in [5, 5.41) is 23.6. The molecule has 7 heteroatoms. The number of ether oxygens (including phenoxy) is 1. The van der Waals surface area contributed by atoms with E-state index >= 15 is 0 Å². The molecular weight excluding hydrogens is 444 g/mol. The van der Waals surface area contributed by atoms with Crippen LogP contribution in [0.2, 0.25) is 0 Å². The number of carbonyl (C=O) groups excluding carboxylic acids is 1. The maximum absolute atomic E-state index is 13.3. The van der Waals surface area contributed by atoms with Gasteiger partial charge < -0.3 is 25.2 Å². The van der Waals surface area contributed by atoms with Gasteiger partial charge in [0.25, 0.3) is 0 Å². The molecule has 0 aromatic heterocycles. The number of anilines is 1. The first kappa shape index (κ1) is 26.5. The lowest BCUT2D eigenvalue weighted by Gasteiger charge is -2.26. The first-order valence-electron chi connectivity index (χ1n) is 12.4. The van der Waals surface area contributed by atoms with Crippen LogP contribution in [0.5, 0.6) is 5.75 Å². The molecule has 3 atom stereocenters. The van der Waals surface area contributed by atoms with Gasteiger partial charge in [-0.25, -0.2) is 0 Å². The molecule has 0 aliphatic heterocycles. The van der Waals surface area contributed by atoms with Gasteiger partial charge in [-0.15, -0.1) is 0 Å². The highest BCUT2D eigenvalue weighted by molar-refractivity contribution is 5.83. The van der Waals surface area contributed by atoms with Crippen LogP contribution in [-0.4, -0.2) is 59.3 Å². The lowest BCUT2D eigenvalue weighted by Crippen LogP contribution is -2.41. The second-order valence-corrected chi connectivity index (χ2v) is 9.70. The van der Waals surface area contributed by atoms with Crippen molar-refractivity contribution in [3.8, 4) is 5.75 Å². The summed E-state index contributed by atoms with van der Waals surface area (Å²) in [5.41, 5.74) is 3.20. The Kier molecular flexibility index (Phi) is 9.55. The third kappa shape index (κ3) is 7.72. The minimum absolute atomic E-state index is 0.149. The molecule has 2 aromatic carbocycles. The van der Waals surface area contributed by atoms with E-state index in [0.717, 1.165) is 17.0 Å². The number of aliphatic carboxylic acids is 1. The van der Waals surface area contributed by atoms with Crippen LogP contribution in [0.3, 0.4) is 0 Å². The van der Waals surface area contributed by atoms with Crippen molar-refractivity contribution < 1.29 is 24.5 Å². The summed E-state index contributed by atoms with van der Waals surface area (Å²) in [4.78, 5) is 26.3. The predicted molar refractivity (Wildman–Crippen MR) is 137 cm³/mol. The van der Waals surface area contributed by atoms with E-state index in [1.807, 2.05) is 36.4 Å². The minimum atomic E-state index is -1.03.